The highest BCUT2D eigenvalue weighted by Crippen LogP contribution is 2.33. The summed E-state index contributed by atoms with van der Waals surface area (Å²) in [6, 6.07) is 0.136. The molecule has 4 heterocycles. The molecule has 1 aromatic rings. The van der Waals surface area contributed by atoms with E-state index in [1.54, 1.807) is 17.1 Å². The van der Waals surface area contributed by atoms with Crippen molar-refractivity contribution in [3.8, 4) is 0 Å². The zero-order chi connectivity index (χ0) is 20.6. The fraction of sp³-hybridized carbons (Fsp3) is 0.789. The van der Waals surface area contributed by atoms with Gasteiger partial charge in [-0.25, -0.2) is 13.4 Å². The number of nitrogens with zero attached hydrogens (tertiary/aromatic N) is 4. The number of hydrogen-bond acceptors (Lipinski definition) is 6. The van der Waals surface area contributed by atoms with Crippen LogP contribution in [-0.4, -0.2) is 78.3 Å². The molecular weight excluding hydrogens is 396 g/mol. The van der Waals surface area contributed by atoms with Crippen molar-refractivity contribution in [2.75, 3.05) is 39.4 Å². The Kier molecular flexibility index (Phi) is 5.71. The Bertz CT molecular complexity index is 837. The smallest absolute Gasteiger partial charge is 0.262 e. The molecule has 0 aromatic carbocycles. The zero-order valence-corrected chi connectivity index (χ0v) is 17.9. The third-order valence-corrected chi connectivity index (χ3v) is 7.91. The average Bonchev–Trinajstić information content (AvgIpc) is 3.39. The first kappa shape index (κ1) is 20.8. The van der Waals surface area contributed by atoms with Crippen molar-refractivity contribution < 1.29 is 22.7 Å². The summed E-state index contributed by atoms with van der Waals surface area (Å²) in [5, 5.41) is 0.0507. The first-order valence-electron chi connectivity index (χ1n) is 10.4. The lowest BCUT2D eigenvalue weighted by Crippen LogP contribution is -2.51. The highest BCUT2D eigenvalue weighted by Gasteiger charge is 2.43. The standard InChI is InChI=1S/C19H30N4O5S/c1-15(2)22-13-17(20-14-22)29(25,26)23-7-3-4-16(12-23)18(24)21-8-5-19(6-9-21)27-10-11-28-19/h13-16H,3-12H2,1-2H3/t16-/m0/s1. The van der Waals surface area contributed by atoms with Crippen molar-refractivity contribution in [1.82, 2.24) is 18.8 Å². The molecule has 3 saturated heterocycles. The quantitative estimate of drug-likeness (QED) is 0.719. The van der Waals surface area contributed by atoms with Crippen LogP contribution in [0.15, 0.2) is 17.6 Å². The van der Waals surface area contributed by atoms with Gasteiger partial charge in [0.25, 0.3) is 10.0 Å². The van der Waals surface area contributed by atoms with Crippen molar-refractivity contribution in [1.29, 1.82) is 0 Å². The number of hydrogen-bond donors (Lipinski definition) is 0. The summed E-state index contributed by atoms with van der Waals surface area (Å²) >= 11 is 0. The second kappa shape index (κ2) is 7.98. The van der Waals surface area contributed by atoms with Crippen molar-refractivity contribution in [2.24, 2.45) is 5.92 Å². The molecule has 0 bridgehead atoms. The number of carbonyl (C=O) groups is 1. The minimum absolute atomic E-state index is 0.0328. The van der Waals surface area contributed by atoms with E-state index in [9.17, 15) is 13.2 Å². The Hall–Kier alpha value is -1.49. The van der Waals surface area contributed by atoms with E-state index in [4.69, 9.17) is 9.47 Å². The number of carbonyl (C=O) groups excluding carboxylic acids is 1. The predicted octanol–water partition coefficient (Wildman–Crippen LogP) is 1.23. The monoisotopic (exact) mass is 426 g/mol. The van der Waals surface area contributed by atoms with Gasteiger partial charge in [-0.2, -0.15) is 4.31 Å². The van der Waals surface area contributed by atoms with E-state index in [0.717, 1.165) is 0 Å². The number of rotatable bonds is 4. The summed E-state index contributed by atoms with van der Waals surface area (Å²) in [5.74, 6) is -0.802. The van der Waals surface area contributed by atoms with Gasteiger partial charge in [0.05, 0.1) is 25.5 Å². The number of sulfonamides is 1. The maximum absolute atomic E-state index is 13.1. The lowest BCUT2D eigenvalue weighted by atomic mass is 9.96. The molecule has 0 N–H and O–H groups in total. The molecule has 9 nitrogen and oxygen atoms in total. The summed E-state index contributed by atoms with van der Waals surface area (Å²) in [7, 11) is -3.70. The van der Waals surface area contributed by atoms with E-state index in [-0.39, 0.29) is 29.4 Å². The van der Waals surface area contributed by atoms with Gasteiger partial charge in [0.2, 0.25) is 5.91 Å². The summed E-state index contributed by atoms with van der Waals surface area (Å²) in [6.45, 7) is 6.96. The van der Waals surface area contributed by atoms with Crippen molar-refractivity contribution in [3.05, 3.63) is 12.5 Å². The molecule has 1 aromatic heterocycles. The number of ether oxygens (including phenoxy) is 2. The lowest BCUT2D eigenvalue weighted by Gasteiger charge is -2.40. The lowest BCUT2D eigenvalue weighted by molar-refractivity contribution is -0.188. The number of piperidine rings is 2. The van der Waals surface area contributed by atoms with Crippen molar-refractivity contribution in [3.63, 3.8) is 0 Å². The van der Waals surface area contributed by atoms with Gasteiger partial charge in [-0.05, 0) is 26.7 Å². The molecule has 0 aliphatic carbocycles. The highest BCUT2D eigenvalue weighted by molar-refractivity contribution is 7.89. The van der Waals surface area contributed by atoms with Gasteiger partial charge < -0.3 is 18.9 Å². The van der Waals surface area contributed by atoms with Crippen LogP contribution in [0.3, 0.4) is 0 Å². The largest absolute Gasteiger partial charge is 0.347 e. The summed E-state index contributed by atoms with van der Waals surface area (Å²) in [4.78, 5) is 19.0. The SMILES string of the molecule is CC(C)n1cnc(S(=O)(=O)N2CCC[C@H](C(=O)N3CCC4(CC3)OCCO4)C2)c1. The van der Waals surface area contributed by atoms with Crippen molar-refractivity contribution >= 4 is 15.9 Å². The Labute approximate surface area is 172 Å². The van der Waals surface area contributed by atoms with Crippen LogP contribution in [-0.2, 0) is 24.3 Å². The topological polar surface area (TPSA) is 94.0 Å². The Morgan fingerprint density at radius 1 is 1.21 bits per heavy atom. The van der Waals surface area contributed by atoms with Gasteiger partial charge in [-0.1, -0.05) is 0 Å². The minimum Gasteiger partial charge on any atom is -0.347 e. The molecular formula is C19H30N4O5S. The Morgan fingerprint density at radius 2 is 1.90 bits per heavy atom. The van der Waals surface area contributed by atoms with E-state index in [2.05, 4.69) is 4.98 Å². The Morgan fingerprint density at radius 3 is 2.52 bits per heavy atom. The molecule has 1 atom stereocenters. The van der Waals surface area contributed by atoms with Crippen molar-refractivity contribution in [2.45, 2.75) is 56.4 Å². The molecule has 3 aliphatic rings. The van der Waals surface area contributed by atoms with Crippen LogP contribution in [0.4, 0.5) is 0 Å². The highest BCUT2D eigenvalue weighted by atomic mass is 32.2. The van der Waals surface area contributed by atoms with Gasteiger partial charge in [0, 0.05) is 51.3 Å². The van der Waals surface area contributed by atoms with Crippen LogP contribution in [0.1, 0.15) is 45.6 Å². The van der Waals surface area contributed by atoms with Gasteiger partial charge in [0.1, 0.15) is 0 Å². The van der Waals surface area contributed by atoms with Crippen LogP contribution in [0, 0.1) is 5.92 Å². The first-order chi connectivity index (χ1) is 13.8. The molecule has 162 valence electrons. The third-order valence-electron chi connectivity index (χ3n) is 6.16. The van der Waals surface area contributed by atoms with Crippen LogP contribution < -0.4 is 0 Å². The van der Waals surface area contributed by atoms with Gasteiger partial charge in [-0.3, -0.25) is 4.79 Å². The van der Waals surface area contributed by atoms with E-state index < -0.39 is 15.8 Å². The molecule has 4 rings (SSSR count). The van der Waals surface area contributed by atoms with E-state index in [0.29, 0.717) is 58.5 Å². The van der Waals surface area contributed by atoms with Gasteiger partial charge >= 0.3 is 0 Å². The number of aromatic nitrogens is 2. The molecule has 10 heteroatoms. The van der Waals surface area contributed by atoms with E-state index in [1.165, 1.54) is 4.31 Å². The van der Waals surface area contributed by atoms with Crippen LogP contribution >= 0.6 is 0 Å². The molecule has 0 radical (unpaired) electrons. The molecule has 1 spiro atoms. The molecule has 1 amide bonds. The minimum atomic E-state index is -3.70. The third kappa shape index (κ3) is 4.08. The van der Waals surface area contributed by atoms with E-state index in [1.807, 2.05) is 18.7 Å². The molecule has 0 saturated carbocycles. The second-order valence-electron chi connectivity index (χ2n) is 8.39. The fourth-order valence-electron chi connectivity index (χ4n) is 4.34. The van der Waals surface area contributed by atoms with Gasteiger partial charge in [-0.15, -0.1) is 0 Å². The summed E-state index contributed by atoms with van der Waals surface area (Å²) in [5.41, 5.74) is 0. The van der Waals surface area contributed by atoms with Crippen LogP contribution in [0.25, 0.3) is 0 Å². The molecule has 0 unspecified atom stereocenters. The normalized spacial score (nSPS) is 25.8. The Balaban J connectivity index is 1.40. The summed E-state index contributed by atoms with van der Waals surface area (Å²) in [6.07, 6.45) is 5.82. The van der Waals surface area contributed by atoms with Gasteiger partial charge in [0.15, 0.2) is 10.8 Å². The number of amides is 1. The molecule has 3 aliphatic heterocycles. The fourth-order valence-corrected chi connectivity index (χ4v) is 5.79. The predicted molar refractivity (Wildman–Crippen MR) is 105 cm³/mol. The second-order valence-corrected chi connectivity index (χ2v) is 10.3. The molecule has 29 heavy (non-hydrogen) atoms. The number of likely N-dealkylation sites (tertiary alicyclic amines) is 1. The maximum atomic E-state index is 13.1. The van der Waals surface area contributed by atoms with Crippen LogP contribution in [0.2, 0.25) is 0 Å². The average molecular weight is 427 g/mol. The maximum Gasteiger partial charge on any atom is 0.262 e. The molecule has 3 fully saturated rings. The van der Waals surface area contributed by atoms with E-state index >= 15 is 0 Å². The zero-order valence-electron chi connectivity index (χ0n) is 17.1. The van der Waals surface area contributed by atoms with Crippen LogP contribution in [0.5, 0.6) is 0 Å². The number of imidazole rings is 1. The summed E-state index contributed by atoms with van der Waals surface area (Å²) < 4.78 is 40.7. The first-order valence-corrected chi connectivity index (χ1v) is 11.9.